The molecule has 0 aromatic rings. The van der Waals surface area contributed by atoms with Crippen LogP contribution in [0.4, 0.5) is 13.2 Å². The quantitative estimate of drug-likeness (QED) is 0.798. The summed E-state index contributed by atoms with van der Waals surface area (Å²) in [6.07, 6.45) is 2.20. The van der Waals surface area contributed by atoms with Crippen LogP contribution in [-0.2, 0) is 0 Å². The second-order valence-electron chi connectivity index (χ2n) is 4.39. The molecule has 1 saturated heterocycles. The molecule has 1 aliphatic heterocycles. The molecule has 0 saturated carbocycles. The van der Waals surface area contributed by atoms with E-state index >= 15 is 0 Å². The Bertz CT molecular complexity index is 203. The van der Waals surface area contributed by atoms with Crippen LogP contribution < -0.4 is 5.32 Å². The maximum Gasteiger partial charge on any atom is 0.441 e. The number of likely N-dealkylation sites (tertiary alicyclic amines) is 1. The first-order valence-corrected chi connectivity index (χ1v) is 7.13. The van der Waals surface area contributed by atoms with Gasteiger partial charge in [0.2, 0.25) is 0 Å². The average Bonchev–Trinajstić information content (AvgIpc) is 2.26. The molecule has 1 rings (SSSR count). The van der Waals surface area contributed by atoms with Crippen molar-refractivity contribution in [3.63, 3.8) is 0 Å². The number of nitrogens with one attached hydrogen (secondary N) is 1. The van der Waals surface area contributed by atoms with E-state index in [1.165, 1.54) is 0 Å². The van der Waals surface area contributed by atoms with Crippen molar-refractivity contribution >= 4 is 11.8 Å². The van der Waals surface area contributed by atoms with Crippen LogP contribution in [0.2, 0.25) is 0 Å². The van der Waals surface area contributed by atoms with Gasteiger partial charge in [0.05, 0.1) is 0 Å². The van der Waals surface area contributed by atoms with Gasteiger partial charge in [-0.25, -0.2) is 0 Å². The minimum Gasteiger partial charge on any atom is -0.317 e. The van der Waals surface area contributed by atoms with Crippen LogP contribution in [0, 0.1) is 5.92 Å². The van der Waals surface area contributed by atoms with Gasteiger partial charge in [0.15, 0.2) is 0 Å². The van der Waals surface area contributed by atoms with Gasteiger partial charge in [-0.1, -0.05) is 6.92 Å². The van der Waals surface area contributed by atoms with E-state index in [1.54, 1.807) is 0 Å². The van der Waals surface area contributed by atoms with Crippen LogP contribution >= 0.6 is 11.8 Å². The summed E-state index contributed by atoms with van der Waals surface area (Å²) in [5, 5.41) is 3.32. The lowest BCUT2D eigenvalue weighted by Gasteiger charge is -2.31. The summed E-state index contributed by atoms with van der Waals surface area (Å²) >= 11 is 0.0879. The number of alkyl halides is 3. The Morgan fingerprint density at radius 2 is 1.94 bits per heavy atom. The summed E-state index contributed by atoms with van der Waals surface area (Å²) in [7, 11) is 0. The minimum atomic E-state index is -4.08. The minimum absolute atomic E-state index is 0.0879. The molecule has 0 aliphatic carbocycles. The molecule has 0 aromatic carbocycles. The smallest absolute Gasteiger partial charge is 0.317 e. The van der Waals surface area contributed by atoms with Crippen LogP contribution in [0.15, 0.2) is 0 Å². The zero-order valence-corrected chi connectivity index (χ0v) is 11.0. The SMILES string of the molecule is CCNCC1CCN(CCSC(F)(F)F)CC1. The first kappa shape index (κ1) is 15.1. The highest BCUT2D eigenvalue weighted by Gasteiger charge is 2.28. The van der Waals surface area contributed by atoms with Crippen LogP contribution in [0.3, 0.4) is 0 Å². The Morgan fingerprint density at radius 3 is 2.47 bits per heavy atom. The average molecular weight is 270 g/mol. The number of rotatable bonds is 6. The third kappa shape index (κ3) is 7.16. The lowest BCUT2D eigenvalue weighted by atomic mass is 9.97. The number of hydrogen-bond acceptors (Lipinski definition) is 3. The molecule has 17 heavy (non-hydrogen) atoms. The predicted octanol–water partition coefficient (Wildman–Crippen LogP) is 2.56. The first-order valence-electron chi connectivity index (χ1n) is 6.15. The van der Waals surface area contributed by atoms with E-state index < -0.39 is 5.51 Å². The Labute approximate surface area is 105 Å². The van der Waals surface area contributed by atoms with Crippen molar-refractivity contribution in [2.45, 2.75) is 25.3 Å². The lowest BCUT2D eigenvalue weighted by Crippen LogP contribution is -2.38. The number of hydrogen-bond donors (Lipinski definition) is 1. The molecule has 0 amide bonds. The van der Waals surface area contributed by atoms with Gasteiger partial charge in [-0.2, -0.15) is 13.2 Å². The summed E-state index contributed by atoms with van der Waals surface area (Å²) < 4.78 is 35.8. The molecule has 1 N–H and O–H groups in total. The van der Waals surface area contributed by atoms with Crippen LogP contribution in [0.1, 0.15) is 19.8 Å². The maximum atomic E-state index is 11.9. The van der Waals surface area contributed by atoms with Crippen molar-refractivity contribution in [3.05, 3.63) is 0 Å². The highest BCUT2D eigenvalue weighted by molar-refractivity contribution is 8.00. The van der Waals surface area contributed by atoms with Crippen molar-refractivity contribution in [2.75, 3.05) is 38.5 Å². The molecule has 1 aliphatic rings. The highest BCUT2D eigenvalue weighted by atomic mass is 32.2. The third-order valence-corrected chi connectivity index (χ3v) is 3.78. The zero-order chi connectivity index (χ0) is 12.7. The van der Waals surface area contributed by atoms with Gasteiger partial charge in [-0.3, -0.25) is 0 Å². The molecule has 0 spiro atoms. The number of halogens is 3. The van der Waals surface area contributed by atoms with E-state index in [9.17, 15) is 13.2 Å². The van der Waals surface area contributed by atoms with E-state index in [-0.39, 0.29) is 17.5 Å². The molecule has 1 fully saturated rings. The second kappa shape index (κ2) is 7.48. The monoisotopic (exact) mass is 270 g/mol. The van der Waals surface area contributed by atoms with Gasteiger partial charge in [-0.05, 0) is 56.7 Å². The third-order valence-electron chi connectivity index (χ3n) is 3.06. The van der Waals surface area contributed by atoms with E-state index in [4.69, 9.17) is 0 Å². The summed E-state index contributed by atoms with van der Waals surface area (Å²) in [6.45, 7) is 6.55. The fourth-order valence-electron chi connectivity index (χ4n) is 2.05. The molecule has 0 radical (unpaired) electrons. The van der Waals surface area contributed by atoms with E-state index in [2.05, 4.69) is 17.1 Å². The lowest BCUT2D eigenvalue weighted by molar-refractivity contribution is -0.0329. The number of piperidine rings is 1. The summed E-state index contributed by atoms with van der Waals surface area (Å²) in [4.78, 5) is 2.14. The molecule has 0 atom stereocenters. The number of nitrogens with zero attached hydrogens (tertiary/aromatic N) is 1. The Morgan fingerprint density at radius 1 is 1.29 bits per heavy atom. The van der Waals surface area contributed by atoms with Crippen molar-refractivity contribution in [1.82, 2.24) is 10.2 Å². The molecule has 6 heteroatoms. The van der Waals surface area contributed by atoms with Gasteiger partial charge in [0, 0.05) is 12.3 Å². The van der Waals surface area contributed by atoms with Gasteiger partial charge >= 0.3 is 5.51 Å². The normalized spacial score (nSPS) is 19.8. The van der Waals surface area contributed by atoms with Crippen molar-refractivity contribution < 1.29 is 13.2 Å². The van der Waals surface area contributed by atoms with E-state index in [1.807, 2.05) is 0 Å². The molecule has 2 nitrogen and oxygen atoms in total. The Kier molecular flexibility index (Phi) is 6.66. The van der Waals surface area contributed by atoms with Crippen LogP contribution in [-0.4, -0.2) is 48.9 Å². The topological polar surface area (TPSA) is 15.3 Å². The molecule has 1 heterocycles. The zero-order valence-electron chi connectivity index (χ0n) is 10.2. The molecule has 102 valence electrons. The van der Waals surface area contributed by atoms with Crippen molar-refractivity contribution in [2.24, 2.45) is 5.92 Å². The standard InChI is InChI=1S/C11H21F3N2S/c1-2-15-9-10-3-5-16(6-4-10)7-8-17-11(12,13)14/h10,15H,2-9H2,1H3. The second-order valence-corrected chi connectivity index (χ2v) is 5.55. The van der Waals surface area contributed by atoms with Crippen molar-refractivity contribution in [1.29, 1.82) is 0 Å². The summed E-state index contributed by atoms with van der Waals surface area (Å²) in [5.74, 6) is 0.850. The van der Waals surface area contributed by atoms with Crippen molar-refractivity contribution in [3.8, 4) is 0 Å². The van der Waals surface area contributed by atoms with Crippen LogP contribution in [0.25, 0.3) is 0 Å². The van der Waals surface area contributed by atoms with E-state index in [0.29, 0.717) is 12.5 Å². The molecule has 0 aromatic heterocycles. The molecule has 0 bridgehead atoms. The van der Waals surface area contributed by atoms with Gasteiger partial charge < -0.3 is 10.2 Å². The Balaban J connectivity index is 2.07. The summed E-state index contributed by atoms with van der Waals surface area (Å²) in [5.41, 5.74) is -4.08. The molecule has 0 unspecified atom stereocenters. The summed E-state index contributed by atoms with van der Waals surface area (Å²) in [6, 6.07) is 0. The van der Waals surface area contributed by atoms with Gasteiger partial charge in [0.1, 0.15) is 0 Å². The fourth-order valence-corrected chi connectivity index (χ4v) is 2.63. The molecular weight excluding hydrogens is 249 g/mol. The van der Waals surface area contributed by atoms with E-state index in [0.717, 1.165) is 39.0 Å². The fraction of sp³-hybridized carbons (Fsp3) is 1.00. The first-order chi connectivity index (χ1) is 8.01. The van der Waals surface area contributed by atoms with Crippen LogP contribution in [0.5, 0.6) is 0 Å². The highest BCUT2D eigenvalue weighted by Crippen LogP contribution is 2.30. The number of thioether (sulfide) groups is 1. The molecular formula is C11H21F3N2S. The van der Waals surface area contributed by atoms with Gasteiger partial charge in [0.25, 0.3) is 0 Å². The largest absolute Gasteiger partial charge is 0.441 e. The maximum absolute atomic E-state index is 11.9. The predicted molar refractivity (Wildman–Crippen MR) is 66.2 cm³/mol. The Hall–Kier alpha value is 0.0600. The van der Waals surface area contributed by atoms with Gasteiger partial charge in [-0.15, -0.1) is 0 Å².